The van der Waals surface area contributed by atoms with Gasteiger partial charge in [0.2, 0.25) is 10.0 Å². The van der Waals surface area contributed by atoms with Crippen LogP contribution in [0.1, 0.15) is 51.9 Å². The Balaban J connectivity index is 2.00. The Bertz CT molecular complexity index is 358. The molecule has 1 aliphatic carbocycles. The third-order valence-corrected chi connectivity index (χ3v) is 6.50. The van der Waals surface area contributed by atoms with E-state index in [0.29, 0.717) is 18.2 Å². The predicted molar refractivity (Wildman–Crippen MR) is 78.6 cm³/mol. The number of nitrogens with one attached hydrogen (secondary N) is 1. The zero-order valence-electron chi connectivity index (χ0n) is 12.1. The van der Waals surface area contributed by atoms with E-state index in [1.54, 1.807) is 4.31 Å². The van der Waals surface area contributed by atoms with Crippen molar-refractivity contribution in [1.82, 2.24) is 9.62 Å². The van der Waals surface area contributed by atoms with Crippen molar-refractivity contribution in [3.8, 4) is 0 Å². The fourth-order valence-electron chi connectivity index (χ4n) is 3.40. The first-order valence-corrected chi connectivity index (χ1v) is 9.44. The molecule has 112 valence electrons. The van der Waals surface area contributed by atoms with E-state index in [1.165, 1.54) is 19.3 Å². The Kier molecular flexibility index (Phi) is 5.66. The van der Waals surface area contributed by atoms with Crippen molar-refractivity contribution >= 4 is 10.0 Å². The maximum atomic E-state index is 12.7. The van der Waals surface area contributed by atoms with Gasteiger partial charge in [0.05, 0.1) is 5.75 Å². The van der Waals surface area contributed by atoms with Gasteiger partial charge in [0.1, 0.15) is 0 Å². The quantitative estimate of drug-likeness (QED) is 0.813. The van der Waals surface area contributed by atoms with Gasteiger partial charge in [-0.1, -0.05) is 26.2 Å². The molecule has 2 fully saturated rings. The highest BCUT2D eigenvalue weighted by Crippen LogP contribution is 2.27. The summed E-state index contributed by atoms with van der Waals surface area (Å²) in [5.41, 5.74) is 0. The van der Waals surface area contributed by atoms with Gasteiger partial charge in [-0.2, -0.15) is 4.31 Å². The van der Waals surface area contributed by atoms with Gasteiger partial charge in [0, 0.05) is 19.1 Å². The minimum Gasteiger partial charge on any atom is -0.315 e. The van der Waals surface area contributed by atoms with E-state index in [-0.39, 0.29) is 6.04 Å². The zero-order chi connectivity index (χ0) is 13.7. The van der Waals surface area contributed by atoms with Crippen LogP contribution in [0.25, 0.3) is 0 Å². The van der Waals surface area contributed by atoms with Crippen molar-refractivity contribution in [2.45, 2.75) is 57.9 Å². The first kappa shape index (κ1) is 15.3. The molecule has 1 N–H and O–H groups in total. The minimum atomic E-state index is -3.07. The highest BCUT2D eigenvalue weighted by atomic mass is 32.2. The lowest BCUT2D eigenvalue weighted by Gasteiger charge is -2.30. The molecule has 0 spiro atoms. The molecule has 5 heteroatoms. The SMILES string of the molecule is CCCN(C1CCNC1)S(=O)(=O)CC1CCCCC1. The van der Waals surface area contributed by atoms with Crippen LogP contribution in [0.2, 0.25) is 0 Å². The van der Waals surface area contributed by atoms with Crippen LogP contribution in [-0.2, 0) is 10.0 Å². The molecule has 0 aromatic carbocycles. The molecule has 1 aliphatic heterocycles. The normalized spacial score (nSPS) is 26.1. The lowest BCUT2D eigenvalue weighted by Crippen LogP contribution is -2.44. The molecule has 2 aliphatic rings. The standard InChI is InChI=1S/C14H28N2O2S/c1-2-10-16(14-8-9-15-11-14)19(17,18)12-13-6-4-3-5-7-13/h13-15H,2-12H2,1H3. The summed E-state index contributed by atoms with van der Waals surface area (Å²) in [6, 6.07) is 0.188. The summed E-state index contributed by atoms with van der Waals surface area (Å²) >= 11 is 0. The monoisotopic (exact) mass is 288 g/mol. The number of hydrogen-bond acceptors (Lipinski definition) is 3. The van der Waals surface area contributed by atoms with Crippen LogP contribution in [-0.4, -0.2) is 44.2 Å². The van der Waals surface area contributed by atoms with E-state index in [0.717, 1.165) is 38.8 Å². The van der Waals surface area contributed by atoms with Crippen molar-refractivity contribution in [3.05, 3.63) is 0 Å². The summed E-state index contributed by atoms with van der Waals surface area (Å²) in [6.07, 6.45) is 7.76. The van der Waals surface area contributed by atoms with Crippen LogP contribution in [0, 0.1) is 5.92 Å². The van der Waals surface area contributed by atoms with Gasteiger partial charge in [0.25, 0.3) is 0 Å². The highest BCUT2D eigenvalue weighted by Gasteiger charge is 2.33. The summed E-state index contributed by atoms with van der Waals surface area (Å²) in [7, 11) is -3.07. The third kappa shape index (κ3) is 4.17. The molecule has 2 rings (SSSR count). The number of rotatable bonds is 6. The van der Waals surface area contributed by atoms with Crippen LogP contribution >= 0.6 is 0 Å². The van der Waals surface area contributed by atoms with E-state index in [1.807, 2.05) is 0 Å². The Morgan fingerprint density at radius 3 is 2.47 bits per heavy atom. The van der Waals surface area contributed by atoms with E-state index < -0.39 is 10.0 Å². The molecule has 19 heavy (non-hydrogen) atoms. The Morgan fingerprint density at radius 2 is 1.89 bits per heavy atom. The lowest BCUT2D eigenvalue weighted by atomic mass is 9.91. The van der Waals surface area contributed by atoms with E-state index in [9.17, 15) is 8.42 Å². The fourth-order valence-corrected chi connectivity index (χ4v) is 5.62. The Morgan fingerprint density at radius 1 is 1.16 bits per heavy atom. The van der Waals surface area contributed by atoms with Gasteiger partial charge < -0.3 is 5.32 Å². The van der Waals surface area contributed by atoms with Crippen molar-refractivity contribution in [2.75, 3.05) is 25.4 Å². The van der Waals surface area contributed by atoms with Crippen LogP contribution in [0.4, 0.5) is 0 Å². The first-order valence-electron chi connectivity index (χ1n) is 7.83. The summed E-state index contributed by atoms with van der Waals surface area (Å²) in [5, 5.41) is 3.28. The molecule has 0 aromatic rings. The summed E-state index contributed by atoms with van der Waals surface area (Å²) < 4.78 is 27.1. The molecule has 0 aromatic heterocycles. The Labute approximate surface area is 118 Å². The summed E-state index contributed by atoms with van der Waals surface area (Å²) in [5.74, 6) is 0.774. The average molecular weight is 288 g/mol. The number of hydrogen-bond donors (Lipinski definition) is 1. The van der Waals surface area contributed by atoms with Gasteiger partial charge in [0.15, 0.2) is 0 Å². The van der Waals surface area contributed by atoms with Gasteiger partial charge in [-0.3, -0.25) is 0 Å². The van der Waals surface area contributed by atoms with Crippen molar-refractivity contribution in [2.24, 2.45) is 5.92 Å². The molecule has 1 saturated carbocycles. The van der Waals surface area contributed by atoms with Crippen LogP contribution in [0.5, 0.6) is 0 Å². The molecule has 1 saturated heterocycles. The second-order valence-electron chi connectivity index (χ2n) is 6.04. The zero-order valence-corrected chi connectivity index (χ0v) is 12.9. The van der Waals surface area contributed by atoms with Crippen LogP contribution in [0.3, 0.4) is 0 Å². The van der Waals surface area contributed by atoms with Gasteiger partial charge >= 0.3 is 0 Å². The van der Waals surface area contributed by atoms with Gasteiger partial charge in [-0.25, -0.2) is 8.42 Å². The van der Waals surface area contributed by atoms with E-state index in [4.69, 9.17) is 0 Å². The van der Waals surface area contributed by atoms with E-state index in [2.05, 4.69) is 12.2 Å². The van der Waals surface area contributed by atoms with Crippen LogP contribution < -0.4 is 5.32 Å². The molecule has 1 unspecified atom stereocenters. The number of nitrogens with zero attached hydrogens (tertiary/aromatic N) is 1. The summed E-state index contributed by atoms with van der Waals surface area (Å²) in [6.45, 7) is 4.51. The molecule has 0 radical (unpaired) electrons. The third-order valence-electron chi connectivity index (χ3n) is 4.41. The Hall–Kier alpha value is -0.130. The topological polar surface area (TPSA) is 49.4 Å². The fraction of sp³-hybridized carbons (Fsp3) is 1.00. The number of sulfonamides is 1. The highest BCUT2D eigenvalue weighted by molar-refractivity contribution is 7.89. The molecule has 1 atom stereocenters. The molecule has 0 amide bonds. The molecule has 0 bridgehead atoms. The summed E-state index contributed by atoms with van der Waals surface area (Å²) in [4.78, 5) is 0. The molecular formula is C14H28N2O2S. The molecular weight excluding hydrogens is 260 g/mol. The van der Waals surface area contributed by atoms with E-state index >= 15 is 0 Å². The van der Waals surface area contributed by atoms with Gasteiger partial charge in [-0.05, 0) is 38.1 Å². The first-order chi connectivity index (χ1) is 9.13. The molecule has 4 nitrogen and oxygen atoms in total. The maximum Gasteiger partial charge on any atom is 0.214 e. The predicted octanol–water partition coefficient (Wildman–Crippen LogP) is 1.97. The maximum absolute atomic E-state index is 12.7. The minimum absolute atomic E-state index is 0.188. The lowest BCUT2D eigenvalue weighted by molar-refractivity contribution is 0.323. The largest absolute Gasteiger partial charge is 0.315 e. The van der Waals surface area contributed by atoms with Crippen molar-refractivity contribution in [1.29, 1.82) is 0 Å². The van der Waals surface area contributed by atoms with Crippen molar-refractivity contribution in [3.63, 3.8) is 0 Å². The van der Waals surface area contributed by atoms with Gasteiger partial charge in [-0.15, -0.1) is 0 Å². The average Bonchev–Trinajstić information content (AvgIpc) is 2.90. The second kappa shape index (κ2) is 7.04. The van der Waals surface area contributed by atoms with Crippen LogP contribution in [0.15, 0.2) is 0 Å². The molecule has 1 heterocycles. The second-order valence-corrected chi connectivity index (χ2v) is 8.01. The van der Waals surface area contributed by atoms with Crippen molar-refractivity contribution < 1.29 is 8.42 Å². The smallest absolute Gasteiger partial charge is 0.214 e.